The number of para-hydroxylation sites is 2. The summed E-state index contributed by atoms with van der Waals surface area (Å²) in [6, 6.07) is 14.5. The van der Waals surface area contributed by atoms with Crippen molar-refractivity contribution in [1.82, 2.24) is 19.8 Å². The number of imidazole rings is 1. The number of rotatable bonds is 8. The molecule has 1 saturated carbocycles. The Balaban J connectivity index is 0.938. The number of carbonyl (C=O) groups is 1. The Morgan fingerprint density at radius 3 is 2.81 bits per heavy atom. The Morgan fingerprint density at radius 1 is 1.17 bits per heavy atom. The van der Waals surface area contributed by atoms with E-state index >= 15 is 0 Å². The summed E-state index contributed by atoms with van der Waals surface area (Å²) in [5.41, 5.74) is 3.69. The molecule has 0 bridgehead atoms. The van der Waals surface area contributed by atoms with Crippen LogP contribution >= 0.6 is 0 Å². The van der Waals surface area contributed by atoms with Gasteiger partial charge in [0.2, 0.25) is 12.7 Å². The molecule has 2 aromatic carbocycles. The first-order valence-electron chi connectivity index (χ1n) is 13.3. The molecule has 2 aliphatic heterocycles. The minimum absolute atomic E-state index is 0.186. The number of fused-ring (bicyclic) bond motifs is 2. The van der Waals surface area contributed by atoms with Crippen molar-refractivity contribution >= 4 is 16.9 Å². The number of ether oxygens (including phenoxy) is 2. The normalized spacial score (nSPS) is 21.1. The Bertz CT molecular complexity index is 1260. The van der Waals surface area contributed by atoms with Gasteiger partial charge in [-0.25, -0.2) is 4.98 Å². The lowest BCUT2D eigenvalue weighted by Gasteiger charge is -2.34. The Kier molecular flexibility index (Phi) is 6.12. The number of piperidine rings is 1. The zero-order chi connectivity index (χ0) is 24.7. The molecule has 1 N–H and O–H groups in total. The fourth-order valence-corrected chi connectivity index (χ4v) is 6.27. The smallest absolute Gasteiger partial charge is 0.231 e. The minimum atomic E-state index is 0.186. The van der Waals surface area contributed by atoms with Crippen molar-refractivity contribution in [2.45, 2.75) is 39.0 Å². The molecule has 2 atom stereocenters. The minimum Gasteiger partial charge on any atom is -0.454 e. The van der Waals surface area contributed by atoms with Crippen molar-refractivity contribution < 1.29 is 14.3 Å². The Morgan fingerprint density at radius 2 is 1.97 bits per heavy atom. The average Bonchev–Trinajstić information content (AvgIpc) is 3.21. The number of hydrogen-bond acceptors (Lipinski definition) is 5. The summed E-state index contributed by atoms with van der Waals surface area (Å²) in [4.78, 5) is 20.2. The van der Waals surface area contributed by atoms with Gasteiger partial charge in [-0.3, -0.25) is 4.79 Å². The number of nitrogens with zero attached hydrogens (tertiary/aromatic N) is 3. The SMILES string of the molecule is C[C@@H](Cc1ccc2c(c1)OCO2)CN1CCC2(CC1)C[C@H]2C(=O)NCCc1nc2ccccc2n1C. The van der Waals surface area contributed by atoms with Gasteiger partial charge < -0.3 is 24.3 Å². The largest absolute Gasteiger partial charge is 0.454 e. The van der Waals surface area contributed by atoms with E-state index in [-0.39, 0.29) is 17.2 Å². The van der Waals surface area contributed by atoms with E-state index in [1.165, 1.54) is 5.56 Å². The zero-order valence-electron chi connectivity index (χ0n) is 21.3. The number of amides is 1. The van der Waals surface area contributed by atoms with Crippen LogP contribution in [0.25, 0.3) is 11.0 Å². The molecule has 1 spiro atoms. The van der Waals surface area contributed by atoms with Gasteiger partial charge in [-0.1, -0.05) is 25.1 Å². The summed E-state index contributed by atoms with van der Waals surface area (Å²) in [5.74, 6) is 3.72. The molecule has 1 aliphatic carbocycles. The standard InChI is InChI=1S/C29H36N4O3/c1-20(15-21-7-8-25-26(16-21)36-19-35-25)18-33-13-10-29(11-14-33)17-22(29)28(34)30-12-9-27-31-23-5-3-4-6-24(23)32(27)2/h3-8,16,20,22H,9-15,17-19H2,1-2H3,(H,30,34)/t20-,22-/m0/s1. The highest BCUT2D eigenvalue weighted by molar-refractivity contribution is 5.82. The second-order valence-corrected chi connectivity index (χ2v) is 11.0. The van der Waals surface area contributed by atoms with Crippen LogP contribution in [0.4, 0.5) is 0 Å². The van der Waals surface area contributed by atoms with Gasteiger partial charge in [-0.15, -0.1) is 0 Å². The number of benzene rings is 2. The van der Waals surface area contributed by atoms with Crippen LogP contribution in [0.1, 0.15) is 37.6 Å². The second-order valence-electron chi connectivity index (χ2n) is 11.0. The summed E-state index contributed by atoms with van der Waals surface area (Å²) in [6.07, 6.45) is 5.10. The molecular weight excluding hydrogens is 452 g/mol. The highest BCUT2D eigenvalue weighted by Gasteiger charge is 2.58. The van der Waals surface area contributed by atoms with Crippen molar-refractivity contribution in [3.05, 3.63) is 53.9 Å². The molecule has 1 saturated heterocycles. The summed E-state index contributed by atoms with van der Waals surface area (Å²) in [5, 5.41) is 3.20. The molecule has 7 nitrogen and oxygen atoms in total. The molecule has 1 amide bonds. The first-order chi connectivity index (χ1) is 17.5. The van der Waals surface area contributed by atoms with Crippen LogP contribution in [0.3, 0.4) is 0 Å². The molecule has 190 valence electrons. The van der Waals surface area contributed by atoms with Crippen LogP contribution in [0.2, 0.25) is 0 Å². The van der Waals surface area contributed by atoms with E-state index in [2.05, 4.69) is 39.9 Å². The fourth-order valence-electron chi connectivity index (χ4n) is 6.27. The van der Waals surface area contributed by atoms with E-state index in [1.807, 2.05) is 31.3 Å². The summed E-state index contributed by atoms with van der Waals surface area (Å²) in [7, 11) is 2.05. The third kappa shape index (κ3) is 4.57. The third-order valence-corrected chi connectivity index (χ3v) is 8.48. The maximum atomic E-state index is 12.9. The average molecular weight is 489 g/mol. The van der Waals surface area contributed by atoms with Gasteiger partial charge in [0.05, 0.1) is 11.0 Å². The molecule has 36 heavy (non-hydrogen) atoms. The maximum Gasteiger partial charge on any atom is 0.231 e. The highest BCUT2D eigenvalue weighted by Crippen LogP contribution is 2.59. The van der Waals surface area contributed by atoms with Gasteiger partial charge in [0.15, 0.2) is 11.5 Å². The summed E-state index contributed by atoms with van der Waals surface area (Å²) >= 11 is 0. The fraction of sp³-hybridized carbons (Fsp3) is 0.517. The van der Waals surface area contributed by atoms with E-state index < -0.39 is 0 Å². The van der Waals surface area contributed by atoms with E-state index in [1.54, 1.807) is 0 Å². The molecule has 2 fully saturated rings. The van der Waals surface area contributed by atoms with Gasteiger partial charge in [0, 0.05) is 32.5 Å². The second kappa shape index (κ2) is 9.43. The maximum absolute atomic E-state index is 12.9. The Hall–Kier alpha value is -3.06. The third-order valence-electron chi connectivity index (χ3n) is 8.48. The van der Waals surface area contributed by atoms with Gasteiger partial charge in [0.25, 0.3) is 0 Å². The molecule has 7 heteroatoms. The van der Waals surface area contributed by atoms with Crippen molar-refractivity contribution in [2.24, 2.45) is 24.3 Å². The van der Waals surface area contributed by atoms with Crippen LogP contribution < -0.4 is 14.8 Å². The highest BCUT2D eigenvalue weighted by atomic mass is 16.7. The van der Waals surface area contributed by atoms with Crippen molar-refractivity contribution in [1.29, 1.82) is 0 Å². The Labute approximate surface area is 212 Å². The summed E-state index contributed by atoms with van der Waals surface area (Å²) in [6.45, 7) is 6.58. The number of likely N-dealkylation sites (tertiary alicyclic amines) is 1. The molecule has 6 rings (SSSR count). The number of aromatic nitrogens is 2. The zero-order valence-corrected chi connectivity index (χ0v) is 21.3. The molecule has 0 unspecified atom stereocenters. The van der Waals surface area contributed by atoms with Crippen molar-refractivity contribution in [2.75, 3.05) is 33.0 Å². The van der Waals surface area contributed by atoms with Gasteiger partial charge in [0.1, 0.15) is 5.82 Å². The lowest BCUT2D eigenvalue weighted by molar-refractivity contribution is -0.123. The van der Waals surface area contributed by atoms with E-state index in [9.17, 15) is 4.79 Å². The number of aryl methyl sites for hydroxylation is 1. The molecule has 3 heterocycles. The van der Waals surface area contributed by atoms with Gasteiger partial charge in [-0.2, -0.15) is 0 Å². The monoisotopic (exact) mass is 488 g/mol. The predicted molar refractivity (Wildman–Crippen MR) is 139 cm³/mol. The van der Waals surface area contributed by atoms with Crippen LogP contribution in [-0.4, -0.2) is 53.3 Å². The van der Waals surface area contributed by atoms with Crippen LogP contribution in [0.5, 0.6) is 11.5 Å². The number of carbonyl (C=O) groups excluding carboxylic acids is 1. The number of nitrogens with one attached hydrogen (secondary N) is 1. The number of hydrogen-bond donors (Lipinski definition) is 1. The predicted octanol–water partition coefficient (Wildman–Crippen LogP) is 3.94. The quantitative estimate of drug-likeness (QED) is 0.520. The van der Waals surface area contributed by atoms with Crippen LogP contribution in [-0.2, 0) is 24.7 Å². The van der Waals surface area contributed by atoms with E-state index in [0.29, 0.717) is 19.3 Å². The van der Waals surface area contributed by atoms with Crippen LogP contribution in [0, 0.1) is 17.3 Å². The first kappa shape index (κ1) is 23.3. The lowest BCUT2D eigenvalue weighted by atomic mass is 9.89. The van der Waals surface area contributed by atoms with Crippen LogP contribution in [0.15, 0.2) is 42.5 Å². The molecular formula is C29H36N4O3. The first-order valence-corrected chi connectivity index (χ1v) is 13.3. The van der Waals surface area contributed by atoms with Crippen molar-refractivity contribution in [3.8, 4) is 11.5 Å². The van der Waals surface area contributed by atoms with Gasteiger partial charge in [-0.05, 0) is 79.9 Å². The van der Waals surface area contributed by atoms with Gasteiger partial charge >= 0.3 is 0 Å². The topological polar surface area (TPSA) is 68.6 Å². The molecule has 1 aromatic heterocycles. The molecule has 3 aliphatic rings. The van der Waals surface area contributed by atoms with E-state index in [4.69, 9.17) is 14.5 Å². The molecule has 0 radical (unpaired) electrons. The van der Waals surface area contributed by atoms with E-state index in [0.717, 1.165) is 80.1 Å². The summed E-state index contributed by atoms with van der Waals surface area (Å²) < 4.78 is 13.1. The van der Waals surface area contributed by atoms with Crippen molar-refractivity contribution in [3.63, 3.8) is 0 Å². The lowest BCUT2D eigenvalue weighted by Crippen LogP contribution is -2.39. The molecule has 3 aromatic rings.